The van der Waals surface area contributed by atoms with Gasteiger partial charge in [-0.05, 0) is 61.6 Å². The van der Waals surface area contributed by atoms with Crippen LogP contribution in [-0.2, 0) is 20.8 Å². The molecule has 2 aliphatic rings. The van der Waals surface area contributed by atoms with Crippen molar-refractivity contribution in [2.45, 2.75) is 50.8 Å². The molecule has 0 aromatic heterocycles. The van der Waals surface area contributed by atoms with Crippen LogP contribution in [0.2, 0.25) is 0 Å². The zero-order valence-corrected chi connectivity index (χ0v) is 24.0. The molecule has 0 radical (unpaired) electrons. The summed E-state index contributed by atoms with van der Waals surface area (Å²) in [7, 11) is 0. The Kier molecular flexibility index (Phi) is 8.94. The number of rotatable bonds is 10. The van der Waals surface area contributed by atoms with Crippen molar-refractivity contribution in [3.8, 4) is 0 Å². The Bertz CT molecular complexity index is 1500. The Morgan fingerprint density at radius 1 is 1.02 bits per heavy atom. The predicted octanol–water partition coefficient (Wildman–Crippen LogP) is 5.24. The largest absolute Gasteiger partial charge is 0.356 e. The maximum Gasteiger partial charge on any atom is 0.259 e. The van der Waals surface area contributed by atoms with Gasteiger partial charge < -0.3 is 10.6 Å². The van der Waals surface area contributed by atoms with E-state index in [1.807, 2.05) is 92.7 Å². The van der Waals surface area contributed by atoms with E-state index in [2.05, 4.69) is 10.6 Å². The summed E-state index contributed by atoms with van der Waals surface area (Å²) in [4.78, 5) is 50.4. The van der Waals surface area contributed by atoms with Gasteiger partial charge in [0, 0.05) is 24.2 Å². The molecular weight excluding hydrogens is 534 g/mol. The van der Waals surface area contributed by atoms with E-state index in [-0.39, 0.29) is 24.1 Å². The third-order valence-electron chi connectivity index (χ3n) is 6.97. The molecule has 3 aromatic rings. The van der Waals surface area contributed by atoms with Crippen LogP contribution in [0.25, 0.3) is 0 Å². The number of fused-ring (bicyclic) bond motifs is 3. The molecule has 0 fully saturated rings. The molecule has 9 heteroatoms. The monoisotopic (exact) mass is 567 g/mol. The van der Waals surface area contributed by atoms with Crippen LogP contribution in [-0.4, -0.2) is 51.5 Å². The number of amidine groups is 2. The van der Waals surface area contributed by atoms with Crippen molar-refractivity contribution in [3.63, 3.8) is 0 Å². The highest BCUT2D eigenvalue weighted by molar-refractivity contribution is 8.15. The maximum atomic E-state index is 13.6. The smallest absolute Gasteiger partial charge is 0.259 e. The van der Waals surface area contributed by atoms with Gasteiger partial charge in [0.2, 0.25) is 11.8 Å². The molecule has 3 aromatic carbocycles. The Morgan fingerprint density at radius 3 is 2.59 bits per heavy atom. The fourth-order valence-corrected chi connectivity index (χ4v) is 5.83. The van der Waals surface area contributed by atoms with Gasteiger partial charge in [0.25, 0.3) is 5.91 Å². The molecule has 41 heavy (non-hydrogen) atoms. The molecule has 0 aliphatic carbocycles. The summed E-state index contributed by atoms with van der Waals surface area (Å²) < 4.78 is 0. The minimum absolute atomic E-state index is 0.110. The van der Waals surface area contributed by atoms with Gasteiger partial charge in [-0.2, -0.15) is 0 Å². The second-order valence-electron chi connectivity index (χ2n) is 10.1. The number of carbonyl (C=O) groups is 3. The van der Waals surface area contributed by atoms with E-state index in [9.17, 15) is 14.4 Å². The Morgan fingerprint density at radius 2 is 1.80 bits per heavy atom. The molecule has 2 heterocycles. The first kappa shape index (κ1) is 28.3. The highest BCUT2D eigenvalue weighted by Crippen LogP contribution is 2.36. The third kappa shape index (κ3) is 6.74. The van der Waals surface area contributed by atoms with Gasteiger partial charge >= 0.3 is 0 Å². The highest BCUT2D eigenvalue weighted by Gasteiger charge is 2.42. The number of carbonyl (C=O) groups excluding carboxylic acids is 3. The molecule has 0 saturated heterocycles. The van der Waals surface area contributed by atoms with Crippen LogP contribution in [0.4, 0.5) is 11.4 Å². The highest BCUT2D eigenvalue weighted by atomic mass is 32.2. The van der Waals surface area contributed by atoms with Crippen molar-refractivity contribution in [1.29, 1.82) is 0 Å². The Labute approximate surface area is 244 Å². The SMILES string of the molecule is CCC(SC1=Nc2ccccc2C2=NC(CCC(=O)NCCc3ccccc3)C(=O)N12)C(=O)Nc1cccc(C)c1. The summed E-state index contributed by atoms with van der Waals surface area (Å²) in [5.41, 5.74) is 4.40. The lowest BCUT2D eigenvalue weighted by molar-refractivity contribution is -0.125. The molecule has 2 N–H and O–H groups in total. The van der Waals surface area contributed by atoms with E-state index in [4.69, 9.17) is 9.98 Å². The normalized spacial score (nSPS) is 16.3. The minimum atomic E-state index is -0.692. The second-order valence-corrected chi connectivity index (χ2v) is 11.2. The number of thioether (sulfide) groups is 1. The van der Waals surface area contributed by atoms with Gasteiger partial charge in [-0.1, -0.05) is 73.3 Å². The van der Waals surface area contributed by atoms with Gasteiger partial charge in [-0.25, -0.2) is 9.89 Å². The lowest BCUT2D eigenvalue weighted by Gasteiger charge is -2.27. The average Bonchev–Trinajstić information content (AvgIpc) is 3.31. The molecule has 8 nitrogen and oxygen atoms in total. The quantitative estimate of drug-likeness (QED) is 0.350. The fourth-order valence-electron chi connectivity index (χ4n) is 4.81. The predicted molar refractivity (Wildman–Crippen MR) is 165 cm³/mol. The first-order valence-corrected chi connectivity index (χ1v) is 14.8. The summed E-state index contributed by atoms with van der Waals surface area (Å²) in [6.45, 7) is 4.44. The Balaban J connectivity index is 1.26. The second kappa shape index (κ2) is 13.0. The number of aliphatic imine (C=N–C) groups is 2. The molecule has 0 bridgehead atoms. The average molecular weight is 568 g/mol. The molecule has 0 spiro atoms. The van der Waals surface area contributed by atoms with Crippen molar-refractivity contribution < 1.29 is 14.4 Å². The van der Waals surface area contributed by atoms with E-state index < -0.39 is 11.3 Å². The third-order valence-corrected chi connectivity index (χ3v) is 8.28. The summed E-state index contributed by atoms with van der Waals surface area (Å²) in [5, 5.41) is 5.89. The number of amides is 3. The molecule has 2 aliphatic heterocycles. The van der Waals surface area contributed by atoms with Crippen LogP contribution in [0.15, 0.2) is 88.8 Å². The lowest BCUT2D eigenvalue weighted by atomic mass is 10.1. The van der Waals surface area contributed by atoms with E-state index in [0.717, 1.165) is 28.8 Å². The number of anilines is 1. The molecule has 3 amide bonds. The van der Waals surface area contributed by atoms with Gasteiger partial charge in [-0.15, -0.1) is 0 Å². The number of hydrogen-bond donors (Lipinski definition) is 2. The number of aryl methyl sites for hydroxylation is 1. The van der Waals surface area contributed by atoms with Crippen LogP contribution in [0, 0.1) is 6.92 Å². The summed E-state index contributed by atoms with van der Waals surface area (Å²) >= 11 is 1.26. The summed E-state index contributed by atoms with van der Waals surface area (Å²) in [6.07, 6.45) is 1.77. The van der Waals surface area contributed by atoms with Crippen LogP contribution >= 0.6 is 11.8 Å². The zero-order valence-electron chi connectivity index (χ0n) is 23.2. The molecule has 210 valence electrons. The minimum Gasteiger partial charge on any atom is -0.356 e. The zero-order chi connectivity index (χ0) is 28.8. The van der Waals surface area contributed by atoms with Crippen molar-refractivity contribution in [2.75, 3.05) is 11.9 Å². The first-order valence-electron chi connectivity index (χ1n) is 13.9. The van der Waals surface area contributed by atoms with Crippen LogP contribution in [0.5, 0.6) is 0 Å². The molecule has 2 unspecified atom stereocenters. The number of hydrogen-bond acceptors (Lipinski definition) is 6. The van der Waals surface area contributed by atoms with Crippen LogP contribution in [0.3, 0.4) is 0 Å². The van der Waals surface area contributed by atoms with Crippen molar-refractivity contribution in [2.24, 2.45) is 9.98 Å². The molecule has 0 saturated carbocycles. The van der Waals surface area contributed by atoms with Gasteiger partial charge in [0.1, 0.15) is 11.9 Å². The van der Waals surface area contributed by atoms with E-state index >= 15 is 0 Å². The number of nitrogens with one attached hydrogen (secondary N) is 2. The summed E-state index contributed by atoms with van der Waals surface area (Å²) in [5.74, 6) is 0.0261. The first-order chi connectivity index (χ1) is 19.9. The standard InChI is InChI=1S/C32H33N5O3S/c1-3-27(30(39)34-23-13-9-10-21(2)20-23)41-32-36-25-15-8-7-14-24(25)29-35-26(31(40)37(29)32)16-17-28(38)33-19-18-22-11-5-4-6-12-22/h4-15,20,26-27H,3,16-19H2,1-2H3,(H,33,38)(H,34,39). The van der Waals surface area contributed by atoms with Crippen molar-refractivity contribution in [1.82, 2.24) is 10.2 Å². The molecular formula is C32H33N5O3S. The number of para-hydroxylation sites is 1. The van der Waals surface area contributed by atoms with E-state index in [0.29, 0.717) is 36.1 Å². The summed E-state index contributed by atoms with van der Waals surface area (Å²) in [6, 6.07) is 24.5. The van der Waals surface area contributed by atoms with Crippen LogP contribution in [0.1, 0.15) is 42.9 Å². The van der Waals surface area contributed by atoms with Gasteiger partial charge in [0.15, 0.2) is 5.17 Å². The van der Waals surface area contributed by atoms with Gasteiger partial charge in [-0.3, -0.25) is 19.4 Å². The number of nitrogens with zero attached hydrogens (tertiary/aromatic N) is 3. The fraction of sp³-hybridized carbons (Fsp3) is 0.281. The maximum absolute atomic E-state index is 13.6. The topological polar surface area (TPSA) is 103 Å². The number of benzene rings is 3. The van der Waals surface area contributed by atoms with Gasteiger partial charge in [0.05, 0.1) is 10.9 Å². The lowest BCUT2D eigenvalue weighted by Crippen LogP contribution is -2.42. The van der Waals surface area contributed by atoms with Crippen molar-refractivity contribution in [3.05, 3.63) is 95.6 Å². The van der Waals surface area contributed by atoms with Crippen molar-refractivity contribution >= 4 is 51.9 Å². The Hall–Kier alpha value is -4.24. The molecule has 2 atom stereocenters. The van der Waals surface area contributed by atoms with E-state index in [1.54, 1.807) is 0 Å². The van der Waals surface area contributed by atoms with Crippen LogP contribution < -0.4 is 10.6 Å². The molecule has 5 rings (SSSR count). The van der Waals surface area contributed by atoms with E-state index in [1.165, 1.54) is 16.7 Å².